The highest BCUT2D eigenvalue weighted by Gasteiger charge is 2.09. The minimum Gasteiger partial charge on any atom is -0.507 e. The van der Waals surface area contributed by atoms with Gasteiger partial charge in [-0.05, 0) is 54.4 Å². The predicted octanol–water partition coefficient (Wildman–Crippen LogP) is 2.36. The van der Waals surface area contributed by atoms with Crippen molar-refractivity contribution >= 4 is 21.9 Å². The molecule has 4 nitrogen and oxygen atoms in total. The third kappa shape index (κ3) is 5.08. The van der Waals surface area contributed by atoms with E-state index < -0.39 is 0 Å². The van der Waals surface area contributed by atoms with E-state index in [-0.39, 0.29) is 11.3 Å². The molecule has 0 aliphatic carbocycles. The zero-order valence-electron chi connectivity index (χ0n) is 10.3. The Bertz CT molecular complexity index is 424. The molecule has 0 heterocycles. The highest BCUT2D eigenvalue weighted by molar-refractivity contribution is 9.10. The fraction of sp³-hybridized carbons (Fsp3) is 0.417. The Morgan fingerprint density at radius 1 is 1.47 bits per heavy atom. The smallest absolute Gasteiger partial charge is 0.189 e. The first-order chi connectivity index (χ1) is 7.78. The molecule has 4 N–H and O–H groups in total. The number of hydrogen-bond donors (Lipinski definition) is 3. The van der Waals surface area contributed by atoms with Crippen LogP contribution >= 0.6 is 15.9 Å². The van der Waals surface area contributed by atoms with Crippen LogP contribution in [0.4, 0.5) is 0 Å². The lowest BCUT2D eigenvalue weighted by molar-refractivity contribution is 0.471. The minimum absolute atomic E-state index is 0.0941. The summed E-state index contributed by atoms with van der Waals surface area (Å²) >= 11 is 3.26. The molecule has 0 amide bonds. The predicted molar refractivity (Wildman–Crippen MR) is 74.0 cm³/mol. The van der Waals surface area contributed by atoms with Crippen molar-refractivity contribution in [2.75, 3.05) is 0 Å². The summed E-state index contributed by atoms with van der Waals surface area (Å²) in [5.74, 6) is 0.639. The molecule has 94 valence electrons. The number of hydrogen-bond acceptors (Lipinski definition) is 2. The summed E-state index contributed by atoms with van der Waals surface area (Å²) in [5.41, 5.74) is 6.64. The summed E-state index contributed by atoms with van der Waals surface area (Å²) in [5, 5.41) is 12.4. The van der Waals surface area contributed by atoms with Crippen LogP contribution in [-0.2, 0) is 6.54 Å². The SMILES string of the molecule is CC(C)(C)NC(N)=NCc1ccc(O)c(Br)c1. The van der Waals surface area contributed by atoms with E-state index in [2.05, 4.69) is 26.2 Å². The zero-order valence-corrected chi connectivity index (χ0v) is 11.9. The van der Waals surface area contributed by atoms with Crippen molar-refractivity contribution in [3.63, 3.8) is 0 Å². The summed E-state index contributed by atoms with van der Waals surface area (Å²) in [7, 11) is 0. The van der Waals surface area contributed by atoms with E-state index >= 15 is 0 Å². The van der Waals surface area contributed by atoms with Gasteiger partial charge in [0.25, 0.3) is 0 Å². The summed E-state index contributed by atoms with van der Waals surface area (Å²) in [6, 6.07) is 5.26. The Hall–Kier alpha value is -1.23. The molecule has 0 saturated heterocycles. The second-order valence-electron chi connectivity index (χ2n) is 4.86. The molecule has 0 aliphatic heterocycles. The molecule has 0 fully saturated rings. The van der Waals surface area contributed by atoms with Crippen LogP contribution in [0, 0.1) is 0 Å². The van der Waals surface area contributed by atoms with Gasteiger partial charge in [0.05, 0.1) is 11.0 Å². The molecule has 0 aromatic heterocycles. The standard InChI is InChI=1S/C12H18BrN3O/c1-12(2,3)16-11(14)15-7-8-4-5-10(17)9(13)6-8/h4-6,17H,7H2,1-3H3,(H3,14,15,16). The van der Waals surface area contributed by atoms with E-state index in [1.165, 1.54) is 0 Å². The first kappa shape index (κ1) is 13.8. The number of aromatic hydroxyl groups is 1. The second kappa shape index (κ2) is 5.40. The third-order valence-corrected chi connectivity index (χ3v) is 2.58. The molecule has 0 saturated carbocycles. The number of halogens is 1. The third-order valence-electron chi connectivity index (χ3n) is 1.95. The molecule has 0 unspecified atom stereocenters. The fourth-order valence-electron chi connectivity index (χ4n) is 1.25. The molecule has 0 spiro atoms. The van der Waals surface area contributed by atoms with Crippen LogP contribution in [0.3, 0.4) is 0 Å². The van der Waals surface area contributed by atoms with E-state index in [0.29, 0.717) is 17.0 Å². The number of rotatable bonds is 2. The normalized spacial score (nSPS) is 12.6. The van der Waals surface area contributed by atoms with E-state index in [9.17, 15) is 5.11 Å². The van der Waals surface area contributed by atoms with Crippen LogP contribution < -0.4 is 11.1 Å². The molecule has 0 atom stereocenters. The van der Waals surface area contributed by atoms with Gasteiger partial charge < -0.3 is 16.2 Å². The molecule has 17 heavy (non-hydrogen) atoms. The summed E-state index contributed by atoms with van der Waals surface area (Å²) in [6.07, 6.45) is 0. The highest BCUT2D eigenvalue weighted by atomic mass is 79.9. The molecule has 0 radical (unpaired) electrons. The number of phenols is 1. The fourth-order valence-corrected chi connectivity index (χ4v) is 1.68. The maximum atomic E-state index is 9.35. The molecular weight excluding hydrogens is 282 g/mol. The average Bonchev–Trinajstić information content (AvgIpc) is 2.17. The molecule has 1 rings (SSSR count). The second-order valence-corrected chi connectivity index (χ2v) is 5.72. The lowest BCUT2D eigenvalue weighted by Crippen LogP contribution is -2.44. The van der Waals surface area contributed by atoms with Crippen molar-refractivity contribution in [1.82, 2.24) is 5.32 Å². The van der Waals surface area contributed by atoms with Crippen molar-refractivity contribution in [2.45, 2.75) is 32.9 Å². The van der Waals surface area contributed by atoms with Crippen molar-refractivity contribution in [3.05, 3.63) is 28.2 Å². The van der Waals surface area contributed by atoms with Crippen molar-refractivity contribution in [3.8, 4) is 5.75 Å². The molecular formula is C12H18BrN3O. The zero-order chi connectivity index (χ0) is 13.1. The van der Waals surface area contributed by atoms with Gasteiger partial charge in [-0.25, -0.2) is 4.99 Å². The van der Waals surface area contributed by atoms with E-state index in [0.717, 1.165) is 5.56 Å². The summed E-state index contributed by atoms with van der Waals surface area (Å²) in [4.78, 5) is 4.23. The maximum Gasteiger partial charge on any atom is 0.189 e. The van der Waals surface area contributed by atoms with Crippen LogP contribution in [0.5, 0.6) is 5.75 Å². The average molecular weight is 300 g/mol. The monoisotopic (exact) mass is 299 g/mol. The van der Waals surface area contributed by atoms with Gasteiger partial charge in [0.2, 0.25) is 0 Å². The molecule has 1 aromatic rings. The van der Waals surface area contributed by atoms with Crippen LogP contribution in [0.15, 0.2) is 27.7 Å². The van der Waals surface area contributed by atoms with Crippen molar-refractivity contribution < 1.29 is 5.11 Å². The number of nitrogens with two attached hydrogens (primary N) is 1. The minimum atomic E-state index is -0.0941. The van der Waals surface area contributed by atoms with E-state index in [1.54, 1.807) is 6.07 Å². The summed E-state index contributed by atoms with van der Waals surface area (Å²) < 4.78 is 0.660. The maximum absolute atomic E-state index is 9.35. The Morgan fingerprint density at radius 3 is 2.65 bits per heavy atom. The van der Waals surface area contributed by atoms with Crippen LogP contribution in [0.25, 0.3) is 0 Å². The molecule has 0 aliphatic rings. The van der Waals surface area contributed by atoms with Crippen LogP contribution in [0.1, 0.15) is 26.3 Å². The van der Waals surface area contributed by atoms with Crippen LogP contribution in [0.2, 0.25) is 0 Å². The summed E-state index contributed by atoms with van der Waals surface area (Å²) in [6.45, 7) is 6.54. The number of aliphatic imine (C=N–C) groups is 1. The number of nitrogens with one attached hydrogen (secondary N) is 1. The van der Waals surface area contributed by atoms with Gasteiger partial charge in [0.1, 0.15) is 5.75 Å². The topological polar surface area (TPSA) is 70.6 Å². The van der Waals surface area contributed by atoms with Crippen molar-refractivity contribution in [2.24, 2.45) is 10.7 Å². The van der Waals surface area contributed by atoms with Gasteiger partial charge in [-0.15, -0.1) is 0 Å². The lowest BCUT2D eigenvalue weighted by atomic mass is 10.1. The first-order valence-electron chi connectivity index (χ1n) is 5.33. The quantitative estimate of drug-likeness (QED) is 0.580. The number of benzene rings is 1. The van der Waals surface area contributed by atoms with Crippen molar-refractivity contribution in [1.29, 1.82) is 0 Å². The van der Waals surface area contributed by atoms with Gasteiger partial charge in [-0.2, -0.15) is 0 Å². The highest BCUT2D eigenvalue weighted by Crippen LogP contribution is 2.24. The van der Waals surface area contributed by atoms with Crippen LogP contribution in [-0.4, -0.2) is 16.6 Å². The van der Waals surface area contributed by atoms with Gasteiger partial charge in [0.15, 0.2) is 5.96 Å². The largest absolute Gasteiger partial charge is 0.507 e. The van der Waals surface area contributed by atoms with Gasteiger partial charge >= 0.3 is 0 Å². The molecule has 5 heteroatoms. The Morgan fingerprint density at radius 2 is 2.12 bits per heavy atom. The lowest BCUT2D eigenvalue weighted by Gasteiger charge is -2.20. The first-order valence-corrected chi connectivity index (χ1v) is 6.13. The van der Waals surface area contributed by atoms with E-state index in [1.807, 2.05) is 32.9 Å². The van der Waals surface area contributed by atoms with Gasteiger partial charge in [-0.1, -0.05) is 6.07 Å². The molecule has 0 bridgehead atoms. The Labute approximate surface area is 110 Å². The molecule has 1 aromatic carbocycles. The van der Waals surface area contributed by atoms with Gasteiger partial charge in [0, 0.05) is 5.54 Å². The van der Waals surface area contributed by atoms with Gasteiger partial charge in [-0.3, -0.25) is 0 Å². The Balaban J connectivity index is 2.66. The van der Waals surface area contributed by atoms with E-state index in [4.69, 9.17) is 5.73 Å². The number of nitrogens with zero attached hydrogens (tertiary/aromatic N) is 1. The number of phenolic OH excluding ortho intramolecular Hbond substituents is 1. The Kier molecular flexibility index (Phi) is 4.40. The number of guanidine groups is 1.